The van der Waals surface area contributed by atoms with Gasteiger partial charge in [0.2, 0.25) is 10.0 Å². The van der Waals surface area contributed by atoms with Crippen LogP contribution in [0, 0.1) is 6.07 Å². The quantitative estimate of drug-likeness (QED) is 0.765. The summed E-state index contributed by atoms with van der Waals surface area (Å²) in [5.74, 6) is 0.675. The van der Waals surface area contributed by atoms with E-state index in [1.165, 1.54) is 26.4 Å². The number of methoxy groups -OCH3 is 2. The van der Waals surface area contributed by atoms with Crippen LogP contribution in [0.25, 0.3) is 0 Å². The molecule has 0 aliphatic heterocycles. The molecule has 0 fully saturated rings. The highest BCUT2D eigenvalue weighted by molar-refractivity contribution is 7.89. The number of benzene rings is 1. The zero-order valence-corrected chi connectivity index (χ0v) is 11.6. The molecule has 1 rings (SSSR count). The van der Waals surface area contributed by atoms with Crippen molar-refractivity contribution in [1.29, 1.82) is 0 Å². The Morgan fingerprint density at radius 1 is 1.33 bits per heavy atom. The number of hydrogen-bond donors (Lipinski definition) is 1. The van der Waals surface area contributed by atoms with Crippen LogP contribution in [0.3, 0.4) is 0 Å². The minimum absolute atomic E-state index is 0.0712. The molecule has 0 atom stereocenters. The van der Waals surface area contributed by atoms with Gasteiger partial charge < -0.3 is 9.47 Å². The summed E-state index contributed by atoms with van der Waals surface area (Å²) in [6.45, 7) is 2.41. The van der Waals surface area contributed by atoms with Crippen molar-refractivity contribution in [2.75, 3.05) is 20.8 Å². The minimum atomic E-state index is -3.56. The molecule has 0 spiro atoms. The van der Waals surface area contributed by atoms with Gasteiger partial charge in [0.15, 0.2) is 0 Å². The molecule has 0 aliphatic rings. The van der Waals surface area contributed by atoms with Crippen LogP contribution >= 0.6 is 0 Å². The number of rotatable bonds is 7. The van der Waals surface area contributed by atoms with Crippen LogP contribution in [0.5, 0.6) is 11.5 Å². The predicted octanol–water partition coefficient (Wildman–Crippen LogP) is 1.58. The topological polar surface area (TPSA) is 64.6 Å². The molecule has 0 aliphatic carbocycles. The number of hydrogen-bond acceptors (Lipinski definition) is 4. The number of unbranched alkanes of at least 4 members (excludes halogenated alkanes) is 1. The summed E-state index contributed by atoms with van der Waals surface area (Å²) >= 11 is 0. The Hall–Kier alpha value is -1.27. The van der Waals surface area contributed by atoms with Gasteiger partial charge in [0, 0.05) is 18.7 Å². The third-order valence-corrected chi connectivity index (χ3v) is 3.88. The van der Waals surface area contributed by atoms with Crippen molar-refractivity contribution in [2.24, 2.45) is 0 Å². The molecule has 0 saturated heterocycles. The monoisotopic (exact) mass is 272 g/mol. The van der Waals surface area contributed by atoms with E-state index in [1.807, 2.05) is 6.92 Å². The number of ether oxygens (including phenoxy) is 2. The highest BCUT2D eigenvalue weighted by atomic mass is 32.2. The van der Waals surface area contributed by atoms with Gasteiger partial charge in [-0.15, -0.1) is 0 Å². The average Bonchev–Trinajstić information content (AvgIpc) is 2.38. The van der Waals surface area contributed by atoms with Gasteiger partial charge in [0.05, 0.1) is 14.2 Å². The van der Waals surface area contributed by atoms with E-state index in [4.69, 9.17) is 9.47 Å². The molecule has 0 saturated carbocycles. The molecule has 5 nitrogen and oxygen atoms in total. The molecule has 1 N–H and O–H groups in total. The van der Waals surface area contributed by atoms with Crippen LogP contribution in [-0.2, 0) is 10.0 Å². The van der Waals surface area contributed by atoms with Gasteiger partial charge >= 0.3 is 0 Å². The maximum absolute atomic E-state index is 12.0. The van der Waals surface area contributed by atoms with E-state index in [0.717, 1.165) is 12.8 Å². The largest absolute Gasteiger partial charge is 0.496 e. The normalized spacial score (nSPS) is 11.3. The van der Waals surface area contributed by atoms with Gasteiger partial charge in [0.1, 0.15) is 16.4 Å². The molecule has 1 aromatic rings. The molecule has 0 amide bonds. The van der Waals surface area contributed by atoms with Crippen LogP contribution < -0.4 is 14.2 Å². The summed E-state index contributed by atoms with van der Waals surface area (Å²) in [6, 6.07) is 5.58. The number of nitrogens with one attached hydrogen (secondary N) is 1. The van der Waals surface area contributed by atoms with Gasteiger partial charge in [0.25, 0.3) is 0 Å². The van der Waals surface area contributed by atoms with Crippen molar-refractivity contribution in [2.45, 2.75) is 24.7 Å². The van der Waals surface area contributed by atoms with Crippen molar-refractivity contribution >= 4 is 10.0 Å². The third-order valence-electron chi connectivity index (χ3n) is 2.40. The van der Waals surface area contributed by atoms with Crippen molar-refractivity contribution in [1.82, 2.24) is 4.72 Å². The molecule has 0 unspecified atom stereocenters. The number of sulfonamides is 1. The molecule has 0 heterocycles. The third kappa shape index (κ3) is 3.61. The second-order valence-corrected chi connectivity index (χ2v) is 5.42. The lowest BCUT2D eigenvalue weighted by molar-refractivity contribution is 0.385. The zero-order chi connectivity index (χ0) is 13.6. The summed E-state index contributed by atoms with van der Waals surface area (Å²) in [6.07, 6.45) is 1.72. The fourth-order valence-electron chi connectivity index (χ4n) is 1.39. The summed E-state index contributed by atoms with van der Waals surface area (Å²) < 4.78 is 36.6. The molecule has 0 bridgehead atoms. The van der Waals surface area contributed by atoms with Gasteiger partial charge in [-0.3, -0.25) is 0 Å². The predicted molar refractivity (Wildman–Crippen MR) is 68.5 cm³/mol. The van der Waals surface area contributed by atoms with Crippen LogP contribution in [0.15, 0.2) is 17.0 Å². The van der Waals surface area contributed by atoms with Gasteiger partial charge in [-0.05, 0) is 12.5 Å². The van der Waals surface area contributed by atoms with E-state index in [0.29, 0.717) is 12.3 Å². The SMILES string of the molecule is CCCCNS(=O)(=O)c1c[c]c(OC)cc1OC. The maximum atomic E-state index is 12.0. The summed E-state index contributed by atoms with van der Waals surface area (Å²) in [7, 11) is -0.660. The van der Waals surface area contributed by atoms with E-state index in [1.54, 1.807) is 0 Å². The molecule has 0 aromatic heterocycles. The minimum Gasteiger partial charge on any atom is -0.496 e. The van der Waals surface area contributed by atoms with E-state index in [9.17, 15) is 8.42 Å². The van der Waals surface area contributed by atoms with E-state index < -0.39 is 10.0 Å². The molecular formula is C12H18NO4S. The summed E-state index contributed by atoms with van der Waals surface area (Å²) in [4.78, 5) is 0.0712. The first-order valence-corrected chi connectivity index (χ1v) is 7.16. The van der Waals surface area contributed by atoms with Crippen LogP contribution in [0.4, 0.5) is 0 Å². The first-order valence-electron chi connectivity index (χ1n) is 5.68. The zero-order valence-electron chi connectivity index (χ0n) is 10.8. The Morgan fingerprint density at radius 2 is 2.06 bits per heavy atom. The fraction of sp³-hybridized carbons (Fsp3) is 0.500. The van der Waals surface area contributed by atoms with Crippen molar-refractivity contribution in [3.63, 3.8) is 0 Å². The summed E-state index contributed by atoms with van der Waals surface area (Å²) in [5, 5.41) is 0. The van der Waals surface area contributed by atoms with Gasteiger partial charge in [-0.25, -0.2) is 13.1 Å². The van der Waals surface area contributed by atoms with Crippen molar-refractivity contribution < 1.29 is 17.9 Å². The van der Waals surface area contributed by atoms with E-state index >= 15 is 0 Å². The van der Waals surface area contributed by atoms with E-state index in [-0.39, 0.29) is 10.6 Å². The summed E-state index contributed by atoms with van der Waals surface area (Å²) in [5.41, 5.74) is 0. The second kappa shape index (κ2) is 6.61. The Bertz CT molecular complexity index is 485. The van der Waals surface area contributed by atoms with Crippen LogP contribution in [-0.4, -0.2) is 29.2 Å². The first-order chi connectivity index (χ1) is 8.55. The molecule has 6 heteroatoms. The lowest BCUT2D eigenvalue weighted by Gasteiger charge is -2.11. The van der Waals surface area contributed by atoms with E-state index in [2.05, 4.69) is 10.8 Å². The molecule has 1 aromatic carbocycles. The second-order valence-electron chi connectivity index (χ2n) is 3.69. The van der Waals surface area contributed by atoms with Crippen molar-refractivity contribution in [3.8, 4) is 11.5 Å². The maximum Gasteiger partial charge on any atom is 0.244 e. The van der Waals surface area contributed by atoms with Crippen LogP contribution in [0.2, 0.25) is 0 Å². The Kier molecular flexibility index (Phi) is 5.43. The van der Waals surface area contributed by atoms with Gasteiger partial charge in [-0.1, -0.05) is 13.3 Å². The lowest BCUT2D eigenvalue weighted by atomic mass is 10.3. The smallest absolute Gasteiger partial charge is 0.244 e. The molecule has 101 valence electrons. The van der Waals surface area contributed by atoms with Gasteiger partial charge in [-0.2, -0.15) is 0 Å². The lowest BCUT2D eigenvalue weighted by Crippen LogP contribution is -2.25. The Morgan fingerprint density at radius 3 is 2.61 bits per heavy atom. The molecular weight excluding hydrogens is 254 g/mol. The average molecular weight is 272 g/mol. The molecule has 18 heavy (non-hydrogen) atoms. The van der Waals surface area contributed by atoms with Crippen molar-refractivity contribution in [3.05, 3.63) is 18.2 Å². The first kappa shape index (κ1) is 14.8. The highest BCUT2D eigenvalue weighted by Crippen LogP contribution is 2.27. The van der Waals surface area contributed by atoms with Crippen LogP contribution in [0.1, 0.15) is 19.8 Å². The molecule has 1 radical (unpaired) electrons. The standard InChI is InChI=1S/C12H18NO4S/c1-4-5-8-13-18(14,15)12-7-6-10(16-2)9-11(12)17-3/h7,9,13H,4-5,8H2,1-3H3. The Balaban J connectivity index is 3.00. The highest BCUT2D eigenvalue weighted by Gasteiger charge is 2.19. The Labute approximate surface area is 108 Å². The fourth-order valence-corrected chi connectivity index (χ4v) is 2.58.